The normalized spacial score (nSPS) is 12.1. The zero-order chi connectivity index (χ0) is 19.7. The second-order valence-corrected chi connectivity index (χ2v) is 5.96. The Morgan fingerprint density at radius 1 is 1.04 bits per heavy atom. The number of nitrogens with one attached hydrogen (secondary N) is 1. The van der Waals surface area contributed by atoms with Crippen LogP contribution >= 0.6 is 0 Å². The Kier molecular flexibility index (Phi) is 4.48. The second kappa shape index (κ2) is 7.10. The van der Waals surface area contributed by atoms with Crippen LogP contribution in [0.1, 0.15) is 0 Å². The van der Waals surface area contributed by atoms with Crippen LogP contribution in [0.15, 0.2) is 53.3 Å². The molecule has 3 aromatic rings. The smallest absolute Gasteiger partial charge is 0.267 e. The molecule has 0 atom stereocenters. The number of hydrogen-bond acceptors (Lipinski definition) is 5. The van der Waals surface area contributed by atoms with Crippen molar-refractivity contribution in [2.45, 2.75) is 6.54 Å². The van der Waals surface area contributed by atoms with Crippen molar-refractivity contribution in [2.75, 3.05) is 12.1 Å². The van der Waals surface area contributed by atoms with Gasteiger partial charge in [0.25, 0.3) is 5.56 Å². The first kappa shape index (κ1) is 17.7. The summed E-state index contributed by atoms with van der Waals surface area (Å²) in [5.74, 6) is -1.54. The van der Waals surface area contributed by atoms with E-state index in [4.69, 9.17) is 9.47 Å². The van der Waals surface area contributed by atoms with Gasteiger partial charge in [0.2, 0.25) is 12.7 Å². The number of fused-ring (bicyclic) bond motifs is 1. The molecule has 1 aliphatic heterocycles. The summed E-state index contributed by atoms with van der Waals surface area (Å²) < 4.78 is 37.8. The first-order valence-corrected chi connectivity index (χ1v) is 8.23. The number of ether oxygens (including phenoxy) is 2. The highest BCUT2D eigenvalue weighted by Crippen LogP contribution is 2.35. The first-order chi connectivity index (χ1) is 13.5. The molecular formula is C19H13F2N3O4. The van der Waals surface area contributed by atoms with E-state index in [0.29, 0.717) is 22.8 Å². The molecule has 2 aromatic carbocycles. The Hall–Kier alpha value is -3.75. The SMILES string of the molecule is O=C(Cn1nc(-c2ccc3c(c2)OCO3)ccc1=O)Nc1ccc(F)c(F)c1. The van der Waals surface area contributed by atoms with Crippen molar-refractivity contribution in [1.82, 2.24) is 9.78 Å². The highest BCUT2D eigenvalue weighted by atomic mass is 19.2. The van der Waals surface area contributed by atoms with Gasteiger partial charge in [0.05, 0.1) is 5.69 Å². The minimum Gasteiger partial charge on any atom is -0.454 e. The van der Waals surface area contributed by atoms with Crippen LogP contribution in [0.5, 0.6) is 11.5 Å². The number of amides is 1. The minimum atomic E-state index is -1.09. The molecule has 1 aromatic heterocycles. The molecule has 1 amide bonds. The third-order valence-corrected chi connectivity index (χ3v) is 4.03. The molecule has 2 heterocycles. The molecular weight excluding hydrogens is 372 g/mol. The van der Waals surface area contributed by atoms with Gasteiger partial charge in [-0.3, -0.25) is 9.59 Å². The first-order valence-electron chi connectivity index (χ1n) is 8.23. The summed E-state index contributed by atoms with van der Waals surface area (Å²) >= 11 is 0. The topological polar surface area (TPSA) is 82.5 Å². The van der Waals surface area contributed by atoms with Gasteiger partial charge in [-0.15, -0.1) is 0 Å². The summed E-state index contributed by atoms with van der Waals surface area (Å²) in [5.41, 5.74) is 0.728. The zero-order valence-electron chi connectivity index (χ0n) is 14.3. The Labute approximate surface area is 157 Å². The summed E-state index contributed by atoms with van der Waals surface area (Å²) in [7, 11) is 0. The van der Waals surface area contributed by atoms with Crippen LogP contribution in [0.25, 0.3) is 11.3 Å². The number of hydrogen-bond donors (Lipinski definition) is 1. The van der Waals surface area contributed by atoms with Gasteiger partial charge in [0, 0.05) is 23.4 Å². The van der Waals surface area contributed by atoms with Crippen LogP contribution in [0.3, 0.4) is 0 Å². The molecule has 9 heteroatoms. The number of halogens is 2. The summed E-state index contributed by atoms with van der Waals surface area (Å²) in [5, 5.41) is 6.59. The summed E-state index contributed by atoms with van der Waals surface area (Å²) in [6, 6.07) is 11.0. The molecule has 4 rings (SSSR count). The highest BCUT2D eigenvalue weighted by molar-refractivity contribution is 5.90. The van der Waals surface area contributed by atoms with Crippen molar-refractivity contribution >= 4 is 11.6 Å². The van der Waals surface area contributed by atoms with Crippen LogP contribution < -0.4 is 20.3 Å². The molecule has 1 N–H and O–H groups in total. The number of aromatic nitrogens is 2. The van der Waals surface area contributed by atoms with E-state index in [0.717, 1.165) is 16.8 Å². The van der Waals surface area contributed by atoms with Gasteiger partial charge in [-0.1, -0.05) is 0 Å². The minimum absolute atomic E-state index is 0.0730. The summed E-state index contributed by atoms with van der Waals surface area (Å²) in [6.07, 6.45) is 0. The molecule has 0 spiro atoms. The lowest BCUT2D eigenvalue weighted by atomic mass is 10.1. The average molecular weight is 385 g/mol. The van der Waals surface area contributed by atoms with E-state index in [2.05, 4.69) is 10.4 Å². The van der Waals surface area contributed by atoms with Gasteiger partial charge in [-0.2, -0.15) is 5.10 Å². The number of carbonyl (C=O) groups is 1. The Morgan fingerprint density at radius 3 is 2.68 bits per heavy atom. The lowest BCUT2D eigenvalue weighted by Gasteiger charge is -2.09. The maximum absolute atomic E-state index is 13.2. The molecule has 0 unspecified atom stereocenters. The largest absolute Gasteiger partial charge is 0.454 e. The third-order valence-electron chi connectivity index (χ3n) is 4.03. The predicted octanol–water partition coefficient (Wildman–Crippen LogP) is 2.56. The Balaban J connectivity index is 1.54. The fourth-order valence-corrected chi connectivity index (χ4v) is 2.68. The fourth-order valence-electron chi connectivity index (χ4n) is 2.68. The van der Waals surface area contributed by atoms with E-state index < -0.39 is 29.6 Å². The van der Waals surface area contributed by atoms with Crippen LogP contribution in [0.4, 0.5) is 14.5 Å². The number of rotatable bonds is 4. The number of carbonyl (C=O) groups excluding carboxylic acids is 1. The number of benzene rings is 2. The molecule has 0 radical (unpaired) electrons. The number of anilines is 1. The van der Waals surface area contributed by atoms with Crippen molar-refractivity contribution in [1.29, 1.82) is 0 Å². The zero-order valence-corrected chi connectivity index (χ0v) is 14.3. The van der Waals surface area contributed by atoms with Gasteiger partial charge in [-0.25, -0.2) is 13.5 Å². The van der Waals surface area contributed by atoms with Gasteiger partial charge in [0.15, 0.2) is 23.1 Å². The standard InChI is InChI=1S/C19H13F2N3O4/c20-13-3-2-12(8-14(13)21)22-18(25)9-24-19(26)6-4-15(23-24)11-1-5-16-17(7-11)28-10-27-16/h1-8H,9-10H2,(H,22,25). The van der Waals surface area contributed by atoms with E-state index in [1.807, 2.05) is 0 Å². The third kappa shape index (κ3) is 3.54. The molecule has 1 aliphatic rings. The maximum Gasteiger partial charge on any atom is 0.267 e. The highest BCUT2D eigenvalue weighted by Gasteiger charge is 2.15. The molecule has 7 nitrogen and oxygen atoms in total. The Bertz CT molecular complexity index is 1130. The molecule has 0 fully saturated rings. The van der Waals surface area contributed by atoms with Crippen molar-refractivity contribution in [3.63, 3.8) is 0 Å². The van der Waals surface area contributed by atoms with Crippen molar-refractivity contribution in [2.24, 2.45) is 0 Å². The van der Waals surface area contributed by atoms with E-state index in [1.54, 1.807) is 18.2 Å². The summed E-state index contributed by atoms with van der Waals surface area (Å²) in [4.78, 5) is 24.2. The van der Waals surface area contributed by atoms with E-state index in [1.165, 1.54) is 18.2 Å². The molecule has 0 saturated heterocycles. The molecule has 0 bridgehead atoms. The predicted molar refractivity (Wildman–Crippen MR) is 95.0 cm³/mol. The quantitative estimate of drug-likeness (QED) is 0.747. The second-order valence-electron chi connectivity index (χ2n) is 5.96. The van der Waals surface area contributed by atoms with E-state index in [-0.39, 0.29) is 12.5 Å². The molecule has 0 saturated carbocycles. The van der Waals surface area contributed by atoms with Crippen LogP contribution in [0.2, 0.25) is 0 Å². The lowest BCUT2D eigenvalue weighted by Crippen LogP contribution is -2.29. The molecule has 28 heavy (non-hydrogen) atoms. The van der Waals surface area contributed by atoms with Crippen molar-refractivity contribution < 1.29 is 23.0 Å². The fraction of sp³-hybridized carbons (Fsp3) is 0.105. The molecule has 0 aliphatic carbocycles. The van der Waals surface area contributed by atoms with Crippen LogP contribution in [-0.4, -0.2) is 22.5 Å². The van der Waals surface area contributed by atoms with Gasteiger partial charge >= 0.3 is 0 Å². The Morgan fingerprint density at radius 2 is 1.86 bits per heavy atom. The van der Waals surface area contributed by atoms with Gasteiger partial charge in [-0.05, 0) is 36.4 Å². The van der Waals surface area contributed by atoms with Crippen molar-refractivity contribution in [3.05, 3.63) is 70.5 Å². The lowest BCUT2D eigenvalue weighted by molar-refractivity contribution is -0.117. The van der Waals surface area contributed by atoms with E-state index >= 15 is 0 Å². The van der Waals surface area contributed by atoms with Crippen molar-refractivity contribution in [3.8, 4) is 22.8 Å². The van der Waals surface area contributed by atoms with Gasteiger partial charge in [0.1, 0.15) is 6.54 Å². The van der Waals surface area contributed by atoms with Crippen LogP contribution in [-0.2, 0) is 11.3 Å². The monoisotopic (exact) mass is 385 g/mol. The maximum atomic E-state index is 13.2. The number of nitrogens with zero attached hydrogens (tertiary/aromatic N) is 2. The van der Waals surface area contributed by atoms with Gasteiger partial charge < -0.3 is 14.8 Å². The van der Waals surface area contributed by atoms with E-state index in [9.17, 15) is 18.4 Å². The molecule has 142 valence electrons. The summed E-state index contributed by atoms with van der Waals surface area (Å²) in [6.45, 7) is -0.258. The van der Waals surface area contributed by atoms with Crippen LogP contribution in [0, 0.1) is 11.6 Å². The average Bonchev–Trinajstić information content (AvgIpc) is 3.14.